The number of carbonyl (C=O) groups excluding carboxylic acids is 3. The molecule has 2 saturated heterocycles. The van der Waals surface area contributed by atoms with E-state index in [1.165, 1.54) is 19.2 Å². The van der Waals surface area contributed by atoms with E-state index in [1.54, 1.807) is 29.2 Å². The maximum atomic E-state index is 14.3. The quantitative estimate of drug-likeness (QED) is 0.262. The van der Waals surface area contributed by atoms with E-state index in [0.717, 1.165) is 48.3 Å². The Balaban J connectivity index is 1.39. The third-order valence-corrected chi connectivity index (χ3v) is 9.90. The van der Waals surface area contributed by atoms with Gasteiger partial charge in [0.25, 0.3) is 11.8 Å². The summed E-state index contributed by atoms with van der Waals surface area (Å²) in [5, 5.41) is 0. The average Bonchev–Trinajstić information content (AvgIpc) is 3.86. The zero-order valence-electron chi connectivity index (χ0n) is 25.3. The summed E-state index contributed by atoms with van der Waals surface area (Å²) in [6.07, 6.45) is 2.73. The minimum absolute atomic E-state index is 0.00759. The summed E-state index contributed by atoms with van der Waals surface area (Å²) in [5.74, 6) is -1.64. The SMILES string of the molecule is COC(=O)[C@@]1(Cc2ccc(F)cc2)[C@H]2c3cc(C(=O)N4CCCC4)n(Cc4ccccc4)c3C[C@H]2CN1C(=O)c1ccccc1. The van der Waals surface area contributed by atoms with Crippen molar-refractivity contribution in [2.24, 2.45) is 5.92 Å². The number of ether oxygens (including phenoxy) is 1. The Hall–Kier alpha value is -4.72. The number of carbonyl (C=O) groups is 3. The lowest BCUT2D eigenvalue weighted by molar-refractivity contribution is -0.153. The van der Waals surface area contributed by atoms with Crippen molar-refractivity contribution in [2.75, 3.05) is 26.7 Å². The highest BCUT2D eigenvalue weighted by atomic mass is 19.1. The minimum Gasteiger partial charge on any atom is -0.467 e. The van der Waals surface area contributed by atoms with Gasteiger partial charge in [-0.05, 0) is 72.2 Å². The third kappa shape index (κ3) is 4.93. The van der Waals surface area contributed by atoms with Crippen molar-refractivity contribution in [3.8, 4) is 0 Å². The van der Waals surface area contributed by atoms with Gasteiger partial charge in [0.2, 0.25) is 0 Å². The van der Waals surface area contributed by atoms with Crippen molar-refractivity contribution in [1.82, 2.24) is 14.4 Å². The maximum absolute atomic E-state index is 14.3. The first-order valence-electron chi connectivity index (χ1n) is 15.7. The number of nitrogens with zero attached hydrogens (tertiary/aromatic N) is 3. The standard InChI is InChI=1S/C37H36FN3O4/c1-45-36(44)37(22-25-14-16-29(38)17-15-25)33-28(24-41(37)34(42)27-12-6-3-7-13-27)20-31-30(33)21-32(35(43)39-18-8-9-19-39)40(31)23-26-10-4-2-5-11-26/h2-7,10-17,21,28,33H,8-9,18-20,22-24H2,1H3/t28-,33+,37+/m0/s1. The molecule has 0 spiro atoms. The summed E-state index contributed by atoms with van der Waals surface area (Å²) in [6.45, 7) is 2.33. The zero-order chi connectivity index (χ0) is 31.1. The number of likely N-dealkylation sites (tertiary alicyclic amines) is 2. The van der Waals surface area contributed by atoms with Crippen LogP contribution in [0.1, 0.15) is 62.0 Å². The number of aromatic nitrogens is 1. The van der Waals surface area contributed by atoms with Crippen LogP contribution in [0.5, 0.6) is 0 Å². The molecule has 3 atom stereocenters. The van der Waals surface area contributed by atoms with Crippen molar-refractivity contribution in [3.05, 3.63) is 130 Å². The Kier molecular flexibility index (Phi) is 7.51. The number of hydrogen-bond acceptors (Lipinski definition) is 4. The fourth-order valence-electron chi connectivity index (χ4n) is 7.92. The molecule has 3 heterocycles. The van der Waals surface area contributed by atoms with Gasteiger partial charge >= 0.3 is 5.97 Å². The van der Waals surface area contributed by atoms with Crippen molar-refractivity contribution < 1.29 is 23.5 Å². The molecule has 0 radical (unpaired) electrons. The molecular weight excluding hydrogens is 569 g/mol. The zero-order valence-corrected chi connectivity index (χ0v) is 25.3. The van der Waals surface area contributed by atoms with Crippen molar-refractivity contribution >= 4 is 17.8 Å². The summed E-state index contributed by atoms with van der Waals surface area (Å²) in [4.78, 5) is 46.1. The number of amides is 2. The maximum Gasteiger partial charge on any atom is 0.332 e. The minimum atomic E-state index is -1.40. The lowest BCUT2D eigenvalue weighted by Crippen LogP contribution is -2.58. The van der Waals surface area contributed by atoms with Crippen LogP contribution >= 0.6 is 0 Å². The second-order valence-corrected chi connectivity index (χ2v) is 12.4. The van der Waals surface area contributed by atoms with Gasteiger partial charge in [0, 0.05) is 49.8 Å². The van der Waals surface area contributed by atoms with Crippen LogP contribution in [-0.2, 0) is 28.9 Å². The molecule has 2 fully saturated rings. The van der Waals surface area contributed by atoms with E-state index in [2.05, 4.69) is 16.7 Å². The number of halogens is 1. The number of fused-ring (bicyclic) bond motifs is 3. The highest BCUT2D eigenvalue weighted by Gasteiger charge is 2.64. The van der Waals surface area contributed by atoms with Gasteiger partial charge in [-0.25, -0.2) is 9.18 Å². The fraction of sp³-hybridized carbons (Fsp3) is 0.324. The number of methoxy groups -OCH3 is 1. The topological polar surface area (TPSA) is 71.9 Å². The monoisotopic (exact) mass is 605 g/mol. The number of rotatable bonds is 7. The van der Waals surface area contributed by atoms with E-state index in [9.17, 15) is 18.8 Å². The Morgan fingerprint density at radius 1 is 0.867 bits per heavy atom. The molecule has 3 aliphatic rings. The van der Waals surface area contributed by atoms with Crippen LogP contribution in [0, 0.1) is 11.7 Å². The Labute approximate surface area is 262 Å². The van der Waals surface area contributed by atoms with Crippen LogP contribution in [0.2, 0.25) is 0 Å². The van der Waals surface area contributed by atoms with Gasteiger partial charge in [-0.3, -0.25) is 9.59 Å². The second kappa shape index (κ2) is 11.7. The molecule has 7 nitrogen and oxygen atoms in total. The lowest BCUT2D eigenvalue weighted by atomic mass is 9.75. The first-order valence-corrected chi connectivity index (χ1v) is 15.7. The predicted octanol–water partition coefficient (Wildman–Crippen LogP) is 5.48. The highest BCUT2D eigenvalue weighted by Crippen LogP contribution is 2.55. The Morgan fingerprint density at radius 2 is 1.53 bits per heavy atom. The average molecular weight is 606 g/mol. The molecule has 230 valence electrons. The van der Waals surface area contributed by atoms with E-state index in [-0.39, 0.29) is 30.0 Å². The predicted molar refractivity (Wildman–Crippen MR) is 167 cm³/mol. The van der Waals surface area contributed by atoms with E-state index >= 15 is 0 Å². The summed E-state index contributed by atoms with van der Waals surface area (Å²) < 4.78 is 21.7. The van der Waals surface area contributed by atoms with Gasteiger partial charge in [-0.2, -0.15) is 0 Å². The molecular formula is C37H36FN3O4. The van der Waals surface area contributed by atoms with Gasteiger partial charge in [0.15, 0.2) is 5.54 Å². The smallest absolute Gasteiger partial charge is 0.332 e. The largest absolute Gasteiger partial charge is 0.467 e. The van der Waals surface area contributed by atoms with Crippen molar-refractivity contribution in [1.29, 1.82) is 0 Å². The van der Waals surface area contributed by atoms with Gasteiger partial charge in [0.1, 0.15) is 11.5 Å². The molecule has 1 aromatic heterocycles. The Bertz CT molecular complexity index is 1730. The lowest BCUT2D eigenvalue weighted by Gasteiger charge is -2.40. The van der Waals surface area contributed by atoms with Crippen molar-refractivity contribution in [2.45, 2.75) is 43.7 Å². The van der Waals surface area contributed by atoms with Crippen LogP contribution < -0.4 is 0 Å². The van der Waals surface area contributed by atoms with Crippen molar-refractivity contribution in [3.63, 3.8) is 0 Å². The molecule has 0 bridgehead atoms. The van der Waals surface area contributed by atoms with Gasteiger partial charge in [0.05, 0.1) is 7.11 Å². The van der Waals surface area contributed by atoms with E-state index in [1.807, 2.05) is 47.4 Å². The Morgan fingerprint density at radius 3 is 2.20 bits per heavy atom. The second-order valence-electron chi connectivity index (χ2n) is 12.4. The van der Waals surface area contributed by atoms with E-state index < -0.39 is 17.4 Å². The molecule has 4 aromatic rings. The van der Waals surface area contributed by atoms with Crippen LogP contribution in [0.15, 0.2) is 91.0 Å². The number of benzene rings is 3. The molecule has 1 aliphatic carbocycles. The fourth-order valence-corrected chi connectivity index (χ4v) is 7.92. The molecule has 8 heteroatoms. The summed E-state index contributed by atoms with van der Waals surface area (Å²) in [7, 11) is 1.35. The summed E-state index contributed by atoms with van der Waals surface area (Å²) in [6, 6.07) is 27.1. The molecule has 2 aliphatic heterocycles. The first-order chi connectivity index (χ1) is 21.9. The normalized spacial score (nSPS) is 21.9. The summed E-state index contributed by atoms with van der Waals surface area (Å²) >= 11 is 0. The molecule has 7 rings (SSSR count). The van der Waals surface area contributed by atoms with Crippen LogP contribution in [-0.4, -0.2) is 64.4 Å². The van der Waals surface area contributed by atoms with Crippen LogP contribution in [0.25, 0.3) is 0 Å². The first kappa shape index (κ1) is 29.0. The highest BCUT2D eigenvalue weighted by molar-refractivity contribution is 6.00. The summed E-state index contributed by atoms with van der Waals surface area (Å²) in [5.41, 5.74) is 3.43. The van der Waals surface area contributed by atoms with Gasteiger partial charge in [-0.1, -0.05) is 60.7 Å². The number of hydrogen-bond donors (Lipinski definition) is 0. The van der Waals surface area contributed by atoms with E-state index in [0.29, 0.717) is 30.8 Å². The van der Waals surface area contributed by atoms with Gasteiger partial charge in [-0.15, -0.1) is 0 Å². The molecule has 2 amide bonds. The van der Waals surface area contributed by atoms with E-state index in [4.69, 9.17) is 4.74 Å². The third-order valence-electron chi connectivity index (χ3n) is 9.90. The van der Waals surface area contributed by atoms with Gasteiger partial charge < -0.3 is 19.1 Å². The number of esters is 1. The van der Waals surface area contributed by atoms with Crippen LogP contribution in [0.3, 0.4) is 0 Å². The molecule has 0 saturated carbocycles. The molecule has 0 N–H and O–H groups in total. The van der Waals surface area contributed by atoms with Crippen LogP contribution in [0.4, 0.5) is 4.39 Å². The molecule has 45 heavy (non-hydrogen) atoms. The molecule has 3 aromatic carbocycles. The molecule has 0 unspecified atom stereocenters.